The number of benzene rings is 4. The Morgan fingerprint density at radius 2 is 1.32 bits per heavy atom. The maximum absolute atomic E-state index is 13.7. The molecule has 0 fully saturated rings. The molecule has 4 aromatic rings. The third kappa shape index (κ3) is 2.81. The van der Waals surface area contributed by atoms with Crippen LogP contribution in [0, 0.1) is 0 Å². The minimum atomic E-state index is -1.06. The molecular weight excluding hydrogens is 422 g/mol. The van der Waals surface area contributed by atoms with Gasteiger partial charge in [-0.25, -0.2) is 4.79 Å². The molecule has 0 unspecified atom stereocenters. The Balaban J connectivity index is 1.73. The standard InChI is InChI=1S/C30H25NO3/c1-3-31(4-2)21-18-22(20-12-6-5-7-13-20)28-25(19-21)30(34-29(28)32)23-14-8-10-16-26(23)33-27-17-11-9-15-24(27)30/h5-19H,3-4H2,1-2H3. The van der Waals surface area contributed by atoms with E-state index in [4.69, 9.17) is 9.47 Å². The molecule has 0 aromatic heterocycles. The molecule has 2 heterocycles. The van der Waals surface area contributed by atoms with Gasteiger partial charge in [-0.15, -0.1) is 0 Å². The number of esters is 1. The summed E-state index contributed by atoms with van der Waals surface area (Å²) in [5, 5.41) is 0. The van der Waals surface area contributed by atoms with Crippen LogP contribution in [0.25, 0.3) is 11.1 Å². The van der Waals surface area contributed by atoms with Gasteiger partial charge in [-0.05, 0) is 49.2 Å². The van der Waals surface area contributed by atoms with Gasteiger partial charge in [0, 0.05) is 35.5 Å². The second-order valence-corrected chi connectivity index (χ2v) is 8.62. The second-order valence-electron chi connectivity index (χ2n) is 8.62. The lowest BCUT2D eigenvalue weighted by atomic mass is 9.76. The number of nitrogens with zero attached hydrogens (tertiary/aromatic N) is 1. The van der Waals surface area contributed by atoms with Gasteiger partial charge in [0.05, 0.1) is 5.56 Å². The first-order valence-electron chi connectivity index (χ1n) is 11.8. The van der Waals surface area contributed by atoms with Crippen molar-refractivity contribution in [1.82, 2.24) is 0 Å². The van der Waals surface area contributed by atoms with Gasteiger partial charge in [-0.2, -0.15) is 0 Å². The Morgan fingerprint density at radius 3 is 1.94 bits per heavy atom. The molecule has 0 N–H and O–H groups in total. The maximum Gasteiger partial charge on any atom is 0.340 e. The number of para-hydroxylation sites is 2. The zero-order valence-electron chi connectivity index (χ0n) is 19.2. The van der Waals surface area contributed by atoms with Crippen LogP contribution in [0.5, 0.6) is 11.5 Å². The van der Waals surface area contributed by atoms with Crippen LogP contribution in [0.15, 0.2) is 91.0 Å². The topological polar surface area (TPSA) is 38.8 Å². The minimum Gasteiger partial charge on any atom is -0.456 e. The Bertz CT molecular complexity index is 1360. The SMILES string of the molecule is CCN(CC)c1cc(-c2ccccc2)c2c(c1)C1(OC2=O)c2ccccc2Oc2ccccc21. The van der Waals surface area contributed by atoms with E-state index in [1.54, 1.807) is 0 Å². The fourth-order valence-corrected chi connectivity index (χ4v) is 5.34. The fraction of sp³-hybridized carbons (Fsp3) is 0.167. The molecule has 0 atom stereocenters. The van der Waals surface area contributed by atoms with Crippen molar-refractivity contribution in [3.63, 3.8) is 0 Å². The van der Waals surface area contributed by atoms with E-state index in [9.17, 15) is 4.79 Å². The summed E-state index contributed by atoms with van der Waals surface area (Å²) in [6.07, 6.45) is 0. The summed E-state index contributed by atoms with van der Waals surface area (Å²) >= 11 is 0. The average molecular weight is 448 g/mol. The summed E-state index contributed by atoms with van der Waals surface area (Å²) < 4.78 is 12.7. The molecule has 4 nitrogen and oxygen atoms in total. The number of ether oxygens (including phenoxy) is 2. The predicted molar refractivity (Wildman–Crippen MR) is 134 cm³/mol. The second kappa shape index (κ2) is 7.77. The molecule has 168 valence electrons. The number of carbonyl (C=O) groups excluding carboxylic acids is 1. The fourth-order valence-electron chi connectivity index (χ4n) is 5.34. The average Bonchev–Trinajstić information content (AvgIpc) is 3.18. The van der Waals surface area contributed by atoms with Crippen molar-refractivity contribution in [1.29, 1.82) is 0 Å². The maximum atomic E-state index is 13.7. The first kappa shape index (κ1) is 20.5. The van der Waals surface area contributed by atoms with E-state index in [0.717, 1.165) is 46.6 Å². The lowest BCUT2D eigenvalue weighted by molar-refractivity contribution is 0.0225. The molecule has 1 spiro atoms. The Hall–Kier alpha value is -4.05. The van der Waals surface area contributed by atoms with Crippen LogP contribution in [0.1, 0.15) is 40.9 Å². The summed E-state index contributed by atoms with van der Waals surface area (Å²) in [4.78, 5) is 16.0. The lowest BCUT2D eigenvalue weighted by Crippen LogP contribution is -2.33. The molecule has 0 amide bonds. The van der Waals surface area contributed by atoms with Crippen molar-refractivity contribution in [3.8, 4) is 22.6 Å². The number of hydrogen-bond acceptors (Lipinski definition) is 4. The smallest absolute Gasteiger partial charge is 0.340 e. The quantitative estimate of drug-likeness (QED) is 0.324. The Kier molecular flexibility index (Phi) is 4.70. The summed E-state index contributed by atoms with van der Waals surface area (Å²) in [5.41, 5.74) is 5.07. The van der Waals surface area contributed by atoms with Crippen molar-refractivity contribution < 1.29 is 14.3 Å². The molecule has 0 radical (unpaired) electrons. The van der Waals surface area contributed by atoms with Gasteiger partial charge in [0.15, 0.2) is 5.60 Å². The van der Waals surface area contributed by atoms with Gasteiger partial charge in [-0.3, -0.25) is 0 Å². The van der Waals surface area contributed by atoms with Crippen molar-refractivity contribution in [2.75, 3.05) is 18.0 Å². The third-order valence-electron chi connectivity index (χ3n) is 6.92. The minimum absolute atomic E-state index is 0.313. The lowest BCUT2D eigenvalue weighted by Gasteiger charge is -2.36. The summed E-state index contributed by atoms with van der Waals surface area (Å²) in [6, 6.07) is 30.0. The van der Waals surface area contributed by atoms with Gasteiger partial charge in [0.2, 0.25) is 0 Å². The monoisotopic (exact) mass is 447 g/mol. The number of rotatable bonds is 4. The van der Waals surface area contributed by atoms with Crippen molar-refractivity contribution in [2.24, 2.45) is 0 Å². The Labute approximate surface area is 199 Å². The van der Waals surface area contributed by atoms with Crippen molar-refractivity contribution >= 4 is 11.7 Å². The molecule has 0 saturated heterocycles. The van der Waals surface area contributed by atoms with E-state index in [0.29, 0.717) is 17.1 Å². The van der Waals surface area contributed by atoms with Gasteiger partial charge < -0.3 is 14.4 Å². The van der Waals surface area contributed by atoms with E-state index in [1.165, 1.54) is 0 Å². The van der Waals surface area contributed by atoms with Gasteiger partial charge in [-0.1, -0.05) is 66.7 Å². The van der Waals surface area contributed by atoms with E-state index in [1.807, 2.05) is 78.9 Å². The third-order valence-corrected chi connectivity index (χ3v) is 6.92. The molecule has 4 aromatic carbocycles. The van der Waals surface area contributed by atoms with E-state index in [-0.39, 0.29) is 5.97 Å². The predicted octanol–water partition coefficient (Wildman–Crippen LogP) is 6.77. The highest BCUT2D eigenvalue weighted by Crippen LogP contribution is 2.57. The van der Waals surface area contributed by atoms with Crippen LogP contribution >= 0.6 is 0 Å². The largest absolute Gasteiger partial charge is 0.456 e. The van der Waals surface area contributed by atoms with Crippen molar-refractivity contribution in [2.45, 2.75) is 19.4 Å². The van der Waals surface area contributed by atoms with Crippen LogP contribution < -0.4 is 9.64 Å². The molecule has 2 aliphatic heterocycles. The molecule has 0 bridgehead atoms. The number of hydrogen-bond donors (Lipinski definition) is 0. The highest BCUT2D eigenvalue weighted by molar-refractivity contribution is 6.04. The van der Waals surface area contributed by atoms with Crippen LogP contribution in [0.2, 0.25) is 0 Å². The molecule has 2 aliphatic rings. The zero-order valence-corrected chi connectivity index (χ0v) is 19.2. The number of fused-ring (bicyclic) bond motifs is 6. The number of carbonyl (C=O) groups is 1. The molecule has 0 saturated carbocycles. The van der Waals surface area contributed by atoms with Gasteiger partial charge in [0.1, 0.15) is 11.5 Å². The zero-order chi connectivity index (χ0) is 23.3. The first-order valence-corrected chi connectivity index (χ1v) is 11.8. The molecule has 6 rings (SSSR count). The van der Waals surface area contributed by atoms with Crippen molar-refractivity contribution in [3.05, 3.63) is 113 Å². The normalized spacial score (nSPS) is 14.6. The Morgan fingerprint density at radius 1 is 0.735 bits per heavy atom. The summed E-state index contributed by atoms with van der Waals surface area (Å²) in [6.45, 7) is 6.02. The molecule has 4 heteroatoms. The highest BCUT2D eigenvalue weighted by atomic mass is 16.6. The number of anilines is 1. The van der Waals surface area contributed by atoms with E-state index in [2.05, 4.69) is 30.9 Å². The van der Waals surface area contributed by atoms with E-state index < -0.39 is 5.60 Å². The van der Waals surface area contributed by atoms with Gasteiger partial charge >= 0.3 is 5.97 Å². The van der Waals surface area contributed by atoms with Crippen LogP contribution in [0.3, 0.4) is 0 Å². The van der Waals surface area contributed by atoms with Gasteiger partial charge in [0.25, 0.3) is 0 Å². The van der Waals surface area contributed by atoms with Crippen LogP contribution in [-0.4, -0.2) is 19.1 Å². The first-order chi connectivity index (χ1) is 16.7. The molecule has 34 heavy (non-hydrogen) atoms. The molecular formula is C30H25NO3. The highest BCUT2D eigenvalue weighted by Gasteiger charge is 2.54. The summed E-state index contributed by atoms with van der Waals surface area (Å²) in [5.74, 6) is 1.10. The molecule has 0 aliphatic carbocycles. The van der Waals surface area contributed by atoms with E-state index >= 15 is 0 Å². The summed E-state index contributed by atoms with van der Waals surface area (Å²) in [7, 11) is 0. The van der Waals surface area contributed by atoms with Crippen LogP contribution in [0.4, 0.5) is 5.69 Å². The van der Waals surface area contributed by atoms with Crippen LogP contribution in [-0.2, 0) is 10.3 Å².